The zero-order chi connectivity index (χ0) is 13.6. The van der Waals surface area contributed by atoms with Gasteiger partial charge in [-0.15, -0.1) is 0 Å². The molecule has 0 aromatic rings. The number of nitrogens with one attached hydrogen (secondary N) is 2. The minimum atomic E-state index is 0.637. The molecule has 0 aliphatic rings. The van der Waals surface area contributed by atoms with E-state index in [1.165, 1.54) is 12.8 Å². The summed E-state index contributed by atoms with van der Waals surface area (Å²) in [4.78, 5) is 4.18. The lowest BCUT2D eigenvalue weighted by Crippen LogP contribution is -2.41. The third kappa shape index (κ3) is 9.24. The average molecular weight is 259 g/mol. The second kappa shape index (κ2) is 12.6. The average Bonchev–Trinajstić information content (AvgIpc) is 2.41. The number of guanidine groups is 1. The first-order valence-electron chi connectivity index (χ1n) is 6.79. The van der Waals surface area contributed by atoms with Crippen molar-refractivity contribution in [2.24, 2.45) is 10.9 Å². The summed E-state index contributed by atoms with van der Waals surface area (Å²) in [5.74, 6) is 1.55. The lowest BCUT2D eigenvalue weighted by Gasteiger charge is -2.16. The molecule has 0 aromatic heterocycles. The maximum atomic E-state index is 5.37. The monoisotopic (exact) mass is 259 g/mol. The van der Waals surface area contributed by atoms with Crippen LogP contribution in [0.5, 0.6) is 0 Å². The fraction of sp³-hybridized carbons (Fsp3) is 0.923. The van der Waals surface area contributed by atoms with Crippen LogP contribution in [0.2, 0.25) is 0 Å². The molecule has 0 rings (SSSR count). The molecule has 5 nitrogen and oxygen atoms in total. The number of methoxy groups -OCH3 is 1. The Balaban J connectivity index is 3.59. The number of hydrogen-bond acceptors (Lipinski definition) is 3. The van der Waals surface area contributed by atoms with E-state index in [9.17, 15) is 0 Å². The summed E-state index contributed by atoms with van der Waals surface area (Å²) >= 11 is 0. The molecule has 0 bridgehead atoms. The highest BCUT2D eigenvalue weighted by atomic mass is 16.5. The second-order valence-electron chi connectivity index (χ2n) is 4.17. The van der Waals surface area contributed by atoms with Crippen molar-refractivity contribution in [3.63, 3.8) is 0 Å². The summed E-state index contributed by atoms with van der Waals surface area (Å²) in [5, 5.41) is 6.56. The maximum absolute atomic E-state index is 5.37. The molecule has 0 saturated heterocycles. The van der Waals surface area contributed by atoms with Gasteiger partial charge in [0.2, 0.25) is 0 Å². The van der Waals surface area contributed by atoms with E-state index >= 15 is 0 Å². The summed E-state index contributed by atoms with van der Waals surface area (Å²) in [6.07, 6.45) is 2.39. The van der Waals surface area contributed by atoms with Crippen LogP contribution in [0.15, 0.2) is 4.99 Å². The van der Waals surface area contributed by atoms with Gasteiger partial charge >= 0.3 is 0 Å². The Bertz CT molecular complexity index is 206. The molecule has 108 valence electrons. The van der Waals surface area contributed by atoms with Crippen molar-refractivity contribution in [3.8, 4) is 0 Å². The standard InChI is InChI=1S/C13H29N3O2/c1-5-12(6-2)11-16-13(14-3)15-7-8-18-10-9-17-4/h12H,5-11H2,1-4H3,(H2,14,15,16). The minimum Gasteiger partial charge on any atom is -0.382 e. The number of aliphatic imine (C=N–C) groups is 1. The Morgan fingerprint density at radius 2 is 1.83 bits per heavy atom. The van der Waals surface area contributed by atoms with Gasteiger partial charge in [-0.25, -0.2) is 0 Å². The Morgan fingerprint density at radius 3 is 2.39 bits per heavy atom. The number of rotatable bonds is 10. The largest absolute Gasteiger partial charge is 0.382 e. The molecule has 0 spiro atoms. The van der Waals surface area contributed by atoms with Crippen LogP contribution >= 0.6 is 0 Å². The molecular weight excluding hydrogens is 230 g/mol. The van der Waals surface area contributed by atoms with Gasteiger partial charge in [-0.2, -0.15) is 0 Å². The first kappa shape index (κ1) is 17.2. The highest BCUT2D eigenvalue weighted by Gasteiger charge is 2.04. The molecule has 0 atom stereocenters. The van der Waals surface area contributed by atoms with Gasteiger partial charge in [0.25, 0.3) is 0 Å². The Morgan fingerprint density at radius 1 is 1.11 bits per heavy atom. The molecule has 0 radical (unpaired) electrons. The van der Waals surface area contributed by atoms with Crippen LogP contribution < -0.4 is 10.6 Å². The fourth-order valence-corrected chi connectivity index (χ4v) is 1.52. The van der Waals surface area contributed by atoms with Crippen LogP contribution in [-0.2, 0) is 9.47 Å². The first-order chi connectivity index (χ1) is 8.78. The quantitative estimate of drug-likeness (QED) is 0.352. The number of hydrogen-bond donors (Lipinski definition) is 2. The van der Waals surface area contributed by atoms with E-state index in [-0.39, 0.29) is 0 Å². The lowest BCUT2D eigenvalue weighted by atomic mass is 10.0. The van der Waals surface area contributed by atoms with E-state index < -0.39 is 0 Å². The number of ether oxygens (including phenoxy) is 2. The molecule has 0 aliphatic heterocycles. The zero-order valence-electron chi connectivity index (χ0n) is 12.3. The highest BCUT2D eigenvalue weighted by molar-refractivity contribution is 5.79. The van der Waals surface area contributed by atoms with Crippen LogP contribution in [0.1, 0.15) is 26.7 Å². The minimum absolute atomic E-state index is 0.637. The SMILES string of the molecule is CCC(CC)CNC(=NC)NCCOCCOC. The van der Waals surface area contributed by atoms with Crippen molar-refractivity contribution in [1.29, 1.82) is 0 Å². The van der Waals surface area contributed by atoms with Crippen LogP contribution in [0.25, 0.3) is 0 Å². The van der Waals surface area contributed by atoms with Gasteiger partial charge in [0.05, 0.1) is 19.8 Å². The smallest absolute Gasteiger partial charge is 0.191 e. The van der Waals surface area contributed by atoms with Crippen molar-refractivity contribution in [1.82, 2.24) is 10.6 Å². The molecule has 0 saturated carbocycles. The second-order valence-corrected chi connectivity index (χ2v) is 4.17. The van der Waals surface area contributed by atoms with E-state index in [1.54, 1.807) is 14.2 Å². The summed E-state index contributed by atoms with van der Waals surface area (Å²) in [6.45, 7) is 8.10. The highest BCUT2D eigenvalue weighted by Crippen LogP contribution is 2.04. The molecule has 2 N–H and O–H groups in total. The van der Waals surface area contributed by atoms with Crippen LogP contribution in [-0.4, -0.2) is 53.0 Å². The molecule has 5 heteroatoms. The van der Waals surface area contributed by atoms with Gasteiger partial charge < -0.3 is 20.1 Å². The van der Waals surface area contributed by atoms with E-state index in [1.807, 2.05) is 0 Å². The van der Waals surface area contributed by atoms with Gasteiger partial charge in [-0.1, -0.05) is 26.7 Å². The lowest BCUT2D eigenvalue weighted by molar-refractivity contribution is 0.0733. The van der Waals surface area contributed by atoms with E-state index in [2.05, 4.69) is 29.5 Å². The predicted octanol–water partition coefficient (Wildman–Crippen LogP) is 1.25. The molecule has 0 heterocycles. The van der Waals surface area contributed by atoms with Crippen LogP contribution in [0, 0.1) is 5.92 Å². The summed E-state index contributed by atoms with van der Waals surface area (Å²) < 4.78 is 10.3. The molecule has 18 heavy (non-hydrogen) atoms. The zero-order valence-corrected chi connectivity index (χ0v) is 12.3. The molecule has 0 aromatic carbocycles. The topological polar surface area (TPSA) is 54.9 Å². The van der Waals surface area contributed by atoms with Crippen LogP contribution in [0.3, 0.4) is 0 Å². The molecule has 0 amide bonds. The van der Waals surface area contributed by atoms with E-state index in [0.717, 1.165) is 19.0 Å². The molecule has 0 unspecified atom stereocenters. The summed E-state index contributed by atoms with van der Waals surface area (Å²) in [7, 11) is 3.46. The van der Waals surface area contributed by atoms with E-state index in [4.69, 9.17) is 9.47 Å². The predicted molar refractivity (Wildman–Crippen MR) is 76.1 cm³/mol. The van der Waals surface area contributed by atoms with Gasteiger partial charge in [-0.05, 0) is 5.92 Å². The molecule has 0 fully saturated rings. The van der Waals surface area contributed by atoms with Crippen molar-refractivity contribution in [2.45, 2.75) is 26.7 Å². The normalized spacial score (nSPS) is 11.9. The van der Waals surface area contributed by atoms with Gasteiger partial charge in [-0.3, -0.25) is 4.99 Å². The first-order valence-corrected chi connectivity index (χ1v) is 6.79. The molecular formula is C13H29N3O2. The summed E-state index contributed by atoms with van der Waals surface area (Å²) in [5.41, 5.74) is 0. The van der Waals surface area contributed by atoms with Gasteiger partial charge in [0.1, 0.15) is 0 Å². The van der Waals surface area contributed by atoms with Gasteiger partial charge in [0.15, 0.2) is 5.96 Å². The van der Waals surface area contributed by atoms with Crippen molar-refractivity contribution in [2.75, 3.05) is 47.1 Å². The molecule has 0 aliphatic carbocycles. The third-order valence-electron chi connectivity index (χ3n) is 2.91. The Kier molecular flexibility index (Phi) is 12.1. The number of nitrogens with zero attached hydrogens (tertiary/aromatic N) is 1. The van der Waals surface area contributed by atoms with Crippen molar-refractivity contribution in [3.05, 3.63) is 0 Å². The fourth-order valence-electron chi connectivity index (χ4n) is 1.52. The van der Waals surface area contributed by atoms with E-state index in [0.29, 0.717) is 25.7 Å². The maximum Gasteiger partial charge on any atom is 0.191 e. The van der Waals surface area contributed by atoms with Crippen LogP contribution in [0.4, 0.5) is 0 Å². The Hall–Kier alpha value is -0.810. The van der Waals surface area contributed by atoms with Crippen molar-refractivity contribution >= 4 is 5.96 Å². The Labute approximate surface area is 111 Å². The van der Waals surface area contributed by atoms with Gasteiger partial charge in [0, 0.05) is 27.2 Å². The van der Waals surface area contributed by atoms with Crippen molar-refractivity contribution < 1.29 is 9.47 Å². The third-order valence-corrected chi connectivity index (χ3v) is 2.91. The summed E-state index contributed by atoms with van der Waals surface area (Å²) in [6, 6.07) is 0.